The maximum atomic E-state index is 4.38. The van der Waals surface area contributed by atoms with Crippen LogP contribution < -0.4 is 5.32 Å². The molecule has 0 aliphatic rings. The zero-order valence-electron chi connectivity index (χ0n) is 12.8. The number of anilines is 1. The molecule has 0 atom stereocenters. The van der Waals surface area contributed by atoms with Crippen LogP contribution in [0.2, 0.25) is 0 Å². The number of hydrogen-bond donors (Lipinski definition) is 1. The summed E-state index contributed by atoms with van der Waals surface area (Å²) in [7, 11) is 0. The van der Waals surface area contributed by atoms with Gasteiger partial charge in [-0.25, -0.2) is 4.98 Å². The molecule has 0 aliphatic carbocycles. The van der Waals surface area contributed by atoms with Crippen LogP contribution in [0.4, 0.5) is 5.95 Å². The van der Waals surface area contributed by atoms with E-state index in [0.717, 1.165) is 19.0 Å². The molecule has 0 spiro atoms. The number of hydrogen-bond acceptors (Lipinski definition) is 2. The van der Waals surface area contributed by atoms with E-state index < -0.39 is 0 Å². The third kappa shape index (κ3) is 3.86. The van der Waals surface area contributed by atoms with Gasteiger partial charge in [0.1, 0.15) is 0 Å². The highest BCUT2D eigenvalue weighted by atomic mass is 15.2. The second kappa shape index (κ2) is 7.13. The normalized spacial score (nSPS) is 11.0. The van der Waals surface area contributed by atoms with Crippen LogP contribution in [0.3, 0.4) is 0 Å². The van der Waals surface area contributed by atoms with E-state index in [1.54, 1.807) is 0 Å². The van der Waals surface area contributed by atoms with E-state index in [9.17, 15) is 0 Å². The van der Waals surface area contributed by atoms with Gasteiger partial charge in [0, 0.05) is 25.5 Å². The summed E-state index contributed by atoms with van der Waals surface area (Å²) in [6.07, 6.45) is 6.29. The van der Waals surface area contributed by atoms with Crippen molar-refractivity contribution in [3.63, 3.8) is 0 Å². The second-order valence-corrected chi connectivity index (χ2v) is 5.55. The van der Waals surface area contributed by atoms with Gasteiger partial charge < -0.3 is 9.88 Å². The Morgan fingerprint density at radius 1 is 1.20 bits per heavy atom. The fourth-order valence-corrected chi connectivity index (χ4v) is 2.19. The number of aromatic nitrogens is 2. The SMILES string of the molecule is CCCCn1ccnc1NCc1ccc(C(C)C)cc1. The van der Waals surface area contributed by atoms with E-state index in [-0.39, 0.29) is 0 Å². The lowest BCUT2D eigenvalue weighted by atomic mass is 10.0. The van der Waals surface area contributed by atoms with Gasteiger partial charge in [-0.3, -0.25) is 0 Å². The van der Waals surface area contributed by atoms with Crippen molar-refractivity contribution in [2.24, 2.45) is 0 Å². The van der Waals surface area contributed by atoms with Gasteiger partial charge in [0.25, 0.3) is 0 Å². The van der Waals surface area contributed by atoms with E-state index in [1.165, 1.54) is 24.0 Å². The number of benzene rings is 1. The van der Waals surface area contributed by atoms with E-state index >= 15 is 0 Å². The number of nitrogens with one attached hydrogen (secondary N) is 1. The van der Waals surface area contributed by atoms with Gasteiger partial charge >= 0.3 is 0 Å². The van der Waals surface area contributed by atoms with Gasteiger partial charge in [0.2, 0.25) is 5.95 Å². The van der Waals surface area contributed by atoms with Crippen LogP contribution in [0.15, 0.2) is 36.7 Å². The third-order valence-corrected chi connectivity index (χ3v) is 3.57. The molecule has 0 saturated heterocycles. The number of unbranched alkanes of at least 4 members (excludes halogenated alkanes) is 1. The molecule has 3 heteroatoms. The van der Waals surface area contributed by atoms with Crippen molar-refractivity contribution in [3.8, 4) is 0 Å². The summed E-state index contributed by atoms with van der Waals surface area (Å²) in [6.45, 7) is 8.50. The number of imidazole rings is 1. The van der Waals surface area contributed by atoms with E-state index in [2.05, 4.69) is 59.9 Å². The fraction of sp³-hybridized carbons (Fsp3) is 0.471. The van der Waals surface area contributed by atoms with Gasteiger partial charge in [-0.15, -0.1) is 0 Å². The number of aryl methyl sites for hydroxylation is 1. The quantitative estimate of drug-likeness (QED) is 0.808. The molecule has 20 heavy (non-hydrogen) atoms. The summed E-state index contributed by atoms with van der Waals surface area (Å²) < 4.78 is 2.19. The molecule has 1 N–H and O–H groups in total. The third-order valence-electron chi connectivity index (χ3n) is 3.57. The maximum Gasteiger partial charge on any atom is 0.203 e. The highest BCUT2D eigenvalue weighted by molar-refractivity contribution is 5.31. The first-order valence-corrected chi connectivity index (χ1v) is 7.54. The van der Waals surface area contributed by atoms with Gasteiger partial charge in [0.05, 0.1) is 0 Å². The topological polar surface area (TPSA) is 29.9 Å². The summed E-state index contributed by atoms with van der Waals surface area (Å²) >= 11 is 0. The fourth-order valence-electron chi connectivity index (χ4n) is 2.19. The zero-order valence-corrected chi connectivity index (χ0v) is 12.8. The van der Waals surface area contributed by atoms with Crippen molar-refractivity contribution in [2.75, 3.05) is 5.32 Å². The van der Waals surface area contributed by atoms with Gasteiger partial charge in [-0.2, -0.15) is 0 Å². The van der Waals surface area contributed by atoms with Crippen LogP contribution in [-0.4, -0.2) is 9.55 Å². The molecule has 0 aliphatic heterocycles. The van der Waals surface area contributed by atoms with Crippen LogP contribution in [-0.2, 0) is 13.1 Å². The molecular weight excluding hydrogens is 246 g/mol. The van der Waals surface area contributed by atoms with Crippen molar-refractivity contribution in [2.45, 2.75) is 52.6 Å². The molecule has 1 aromatic carbocycles. The Bertz CT molecular complexity index is 511. The van der Waals surface area contributed by atoms with E-state index in [4.69, 9.17) is 0 Å². The molecule has 1 aromatic heterocycles. The monoisotopic (exact) mass is 271 g/mol. The molecule has 0 saturated carbocycles. The van der Waals surface area contributed by atoms with Crippen molar-refractivity contribution in [1.82, 2.24) is 9.55 Å². The van der Waals surface area contributed by atoms with Crippen LogP contribution in [0, 0.1) is 0 Å². The Hall–Kier alpha value is -1.77. The Balaban J connectivity index is 1.93. The van der Waals surface area contributed by atoms with Crippen molar-refractivity contribution in [3.05, 3.63) is 47.8 Å². The molecule has 0 radical (unpaired) electrons. The molecule has 108 valence electrons. The number of rotatable bonds is 7. The Labute approximate surface area is 122 Å². The van der Waals surface area contributed by atoms with Crippen molar-refractivity contribution >= 4 is 5.95 Å². The van der Waals surface area contributed by atoms with Crippen LogP contribution in [0.5, 0.6) is 0 Å². The lowest BCUT2D eigenvalue weighted by molar-refractivity contribution is 0.635. The average Bonchev–Trinajstić information content (AvgIpc) is 2.90. The van der Waals surface area contributed by atoms with E-state index in [1.807, 2.05) is 12.4 Å². The smallest absolute Gasteiger partial charge is 0.203 e. The van der Waals surface area contributed by atoms with Crippen molar-refractivity contribution < 1.29 is 0 Å². The maximum absolute atomic E-state index is 4.38. The summed E-state index contributed by atoms with van der Waals surface area (Å²) in [6, 6.07) is 8.82. The molecule has 0 amide bonds. The Kier molecular flexibility index (Phi) is 5.22. The van der Waals surface area contributed by atoms with Crippen LogP contribution in [0.1, 0.15) is 50.7 Å². The lowest BCUT2D eigenvalue weighted by Gasteiger charge is -2.10. The number of nitrogens with zero attached hydrogens (tertiary/aromatic N) is 2. The molecule has 3 nitrogen and oxygen atoms in total. The first-order valence-electron chi connectivity index (χ1n) is 7.54. The average molecular weight is 271 g/mol. The van der Waals surface area contributed by atoms with Gasteiger partial charge in [0.15, 0.2) is 0 Å². The predicted molar refractivity (Wildman–Crippen MR) is 85.0 cm³/mol. The molecule has 0 bridgehead atoms. The second-order valence-electron chi connectivity index (χ2n) is 5.55. The first-order chi connectivity index (χ1) is 9.70. The lowest BCUT2D eigenvalue weighted by Crippen LogP contribution is -2.07. The summed E-state index contributed by atoms with van der Waals surface area (Å²) in [5.74, 6) is 1.55. The van der Waals surface area contributed by atoms with E-state index in [0.29, 0.717) is 5.92 Å². The summed E-state index contributed by atoms with van der Waals surface area (Å²) in [5, 5.41) is 3.42. The van der Waals surface area contributed by atoms with Gasteiger partial charge in [-0.1, -0.05) is 51.5 Å². The summed E-state index contributed by atoms with van der Waals surface area (Å²) in [5.41, 5.74) is 2.68. The largest absolute Gasteiger partial charge is 0.352 e. The molecule has 0 fully saturated rings. The first kappa shape index (κ1) is 14.6. The standard InChI is InChI=1S/C17H25N3/c1-4-5-11-20-12-10-18-17(20)19-13-15-6-8-16(9-7-15)14(2)3/h6-10,12,14H,4-5,11,13H2,1-3H3,(H,18,19). The molecule has 2 rings (SSSR count). The molecule has 0 unspecified atom stereocenters. The Morgan fingerprint density at radius 3 is 2.60 bits per heavy atom. The highest BCUT2D eigenvalue weighted by Gasteiger charge is 2.03. The minimum absolute atomic E-state index is 0.588. The minimum atomic E-state index is 0.588. The Morgan fingerprint density at radius 2 is 1.95 bits per heavy atom. The van der Waals surface area contributed by atoms with Gasteiger partial charge in [-0.05, 0) is 23.5 Å². The van der Waals surface area contributed by atoms with Crippen molar-refractivity contribution in [1.29, 1.82) is 0 Å². The predicted octanol–water partition coefficient (Wildman–Crippen LogP) is 4.42. The summed E-state index contributed by atoms with van der Waals surface area (Å²) in [4.78, 5) is 4.38. The molecular formula is C17H25N3. The molecule has 2 aromatic rings. The molecule has 1 heterocycles. The van der Waals surface area contributed by atoms with Crippen LogP contribution in [0.25, 0.3) is 0 Å². The highest BCUT2D eigenvalue weighted by Crippen LogP contribution is 2.15. The zero-order chi connectivity index (χ0) is 14.4. The van der Waals surface area contributed by atoms with Crippen LogP contribution >= 0.6 is 0 Å². The minimum Gasteiger partial charge on any atom is -0.352 e.